The Hall–Kier alpha value is -2.99. The number of piperidine rings is 1. The number of likely N-dealkylation sites (tertiary alicyclic amines) is 1. The zero-order valence-electron chi connectivity index (χ0n) is 15.8. The lowest BCUT2D eigenvalue weighted by Gasteiger charge is -2.34. The Labute approximate surface area is 163 Å². The van der Waals surface area contributed by atoms with Crippen LogP contribution in [0.5, 0.6) is 0 Å². The number of aromatic nitrogens is 2. The molecular formula is C22H23N3O3. The molecule has 1 unspecified atom stereocenters. The summed E-state index contributed by atoms with van der Waals surface area (Å²) >= 11 is 0. The minimum absolute atomic E-state index is 0.0147. The van der Waals surface area contributed by atoms with Gasteiger partial charge in [0, 0.05) is 24.2 Å². The van der Waals surface area contributed by atoms with Gasteiger partial charge in [0.1, 0.15) is 0 Å². The standard InChI is InChI=1S/C22H23N3O3/c1-15-23-21(28-24-15)18-7-9-19(10-8-18)22(27)25-13-11-17(12-14-25)20(26)16-5-3-2-4-6-16/h2-10,17,20,26H,11-14H2,1H3. The first-order valence-corrected chi connectivity index (χ1v) is 9.55. The molecule has 2 aromatic carbocycles. The summed E-state index contributed by atoms with van der Waals surface area (Å²) in [4.78, 5) is 18.9. The number of rotatable bonds is 4. The molecule has 1 saturated heterocycles. The number of benzene rings is 2. The molecule has 28 heavy (non-hydrogen) atoms. The third-order valence-electron chi connectivity index (χ3n) is 5.32. The van der Waals surface area contributed by atoms with Gasteiger partial charge >= 0.3 is 0 Å². The normalized spacial score (nSPS) is 16.1. The largest absolute Gasteiger partial charge is 0.388 e. The summed E-state index contributed by atoms with van der Waals surface area (Å²) in [6.45, 7) is 3.07. The summed E-state index contributed by atoms with van der Waals surface area (Å²) in [5.74, 6) is 1.22. The first-order chi connectivity index (χ1) is 13.6. The van der Waals surface area contributed by atoms with Crippen molar-refractivity contribution in [2.24, 2.45) is 5.92 Å². The number of carbonyl (C=O) groups is 1. The minimum Gasteiger partial charge on any atom is -0.388 e. The third-order valence-corrected chi connectivity index (χ3v) is 5.32. The van der Waals surface area contributed by atoms with Crippen LogP contribution in [0.1, 0.15) is 40.7 Å². The van der Waals surface area contributed by atoms with Gasteiger partial charge in [-0.15, -0.1) is 0 Å². The quantitative estimate of drug-likeness (QED) is 0.751. The van der Waals surface area contributed by atoms with Crippen molar-refractivity contribution >= 4 is 5.91 Å². The summed E-state index contributed by atoms with van der Waals surface area (Å²) in [6, 6.07) is 17.0. The van der Waals surface area contributed by atoms with E-state index in [0.29, 0.717) is 30.4 Å². The molecular weight excluding hydrogens is 354 g/mol. The number of hydrogen-bond acceptors (Lipinski definition) is 5. The van der Waals surface area contributed by atoms with Gasteiger partial charge in [-0.25, -0.2) is 0 Å². The first-order valence-electron chi connectivity index (χ1n) is 9.55. The fourth-order valence-corrected chi connectivity index (χ4v) is 3.69. The van der Waals surface area contributed by atoms with Crippen LogP contribution in [0.4, 0.5) is 0 Å². The molecule has 4 rings (SSSR count). The molecule has 1 aliphatic heterocycles. The van der Waals surface area contributed by atoms with Crippen LogP contribution < -0.4 is 0 Å². The van der Waals surface area contributed by atoms with Gasteiger partial charge in [-0.05, 0) is 55.5 Å². The highest BCUT2D eigenvalue weighted by molar-refractivity contribution is 5.94. The predicted octanol–water partition coefficient (Wildman–Crippen LogP) is 3.63. The minimum atomic E-state index is -0.476. The van der Waals surface area contributed by atoms with Gasteiger partial charge in [0.25, 0.3) is 11.8 Å². The highest BCUT2D eigenvalue weighted by Crippen LogP contribution is 2.31. The Morgan fingerprint density at radius 2 is 1.79 bits per heavy atom. The maximum absolute atomic E-state index is 12.8. The van der Waals surface area contributed by atoms with Crippen molar-refractivity contribution in [1.82, 2.24) is 15.0 Å². The number of amides is 1. The summed E-state index contributed by atoms with van der Waals surface area (Å²) in [7, 11) is 0. The van der Waals surface area contributed by atoms with Gasteiger partial charge in [-0.2, -0.15) is 4.98 Å². The summed E-state index contributed by atoms with van der Waals surface area (Å²) in [5.41, 5.74) is 2.38. The van der Waals surface area contributed by atoms with E-state index in [4.69, 9.17) is 4.52 Å². The number of aliphatic hydroxyl groups excluding tert-OH is 1. The molecule has 0 bridgehead atoms. The van der Waals surface area contributed by atoms with Gasteiger partial charge in [-0.1, -0.05) is 35.5 Å². The number of nitrogens with zero attached hydrogens (tertiary/aromatic N) is 3. The summed E-state index contributed by atoms with van der Waals surface area (Å²) < 4.78 is 5.16. The van der Waals surface area contributed by atoms with E-state index in [1.807, 2.05) is 47.4 Å². The van der Waals surface area contributed by atoms with Crippen molar-refractivity contribution in [3.8, 4) is 11.5 Å². The Bertz CT molecular complexity index is 929. The van der Waals surface area contributed by atoms with E-state index in [-0.39, 0.29) is 11.8 Å². The molecule has 1 atom stereocenters. The van der Waals surface area contributed by atoms with Gasteiger partial charge in [-0.3, -0.25) is 4.79 Å². The SMILES string of the molecule is Cc1noc(-c2ccc(C(=O)N3CCC(C(O)c4ccccc4)CC3)cc2)n1. The molecule has 6 nitrogen and oxygen atoms in total. The van der Waals surface area contributed by atoms with Crippen LogP contribution >= 0.6 is 0 Å². The molecule has 144 valence electrons. The molecule has 6 heteroatoms. The van der Waals surface area contributed by atoms with E-state index in [0.717, 1.165) is 24.0 Å². The van der Waals surface area contributed by atoms with Gasteiger partial charge < -0.3 is 14.5 Å². The Morgan fingerprint density at radius 3 is 2.39 bits per heavy atom. The van der Waals surface area contributed by atoms with E-state index in [1.54, 1.807) is 19.1 Å². The lowest BCUT2D eigenvalue weighted by molar-refractivity contribution is 0.0462. The number of aryl methyl sites for hydroxylation is 1. The maximum atomic E-state index is 12.8. The molecule has 0 spiro atoms. The molecule has 2 heterocycles. The van der Waals surface area contributed by atoms with E-state index < -0.39 is 6.10 Å². The fraction of sp³-hybridized carbons (Fsp3) is 0.318. The van der Waals surface area contributed by atoms with Crippen molar-refractivity contribution in [3.63, 3.8) is 0 Å². The smallest absolute Gasteiger partial charge is 0.257 e. The van der Waals surface area contributed by atoms with Crippen molar-refractivity contribution in [2.75, 3.05) is 13.1 Å². The number of hydrogen-bond donors (Lipinski definition) is 1. The second-order valence-electron chi connectivity index (χ2n) is 7.21. The molecule has 3 aromatic rings. The van der Waals surface area contributed by atoms with E-state index in [1.165, 1.54) is 0 Å². The third kappa shape index (κ3) is 3.82. The predicted molar refractivity (Wildman–Crippen MR) is 105 cm³/mol. The number of carbonyl (C=O) groups excluding carboxylic acids is 1. The van der Waals surface area contributed by atoms with Crippen molar-refractivity contribution < 1.29 is 14.4 Å². The molecule has 0 aliphatic carbocycles. The second-order valence-corrected chi connectivity index (χ2v) is 7.21. The lowest BCUT2D eigenvalue weighted by Crippen LogP contribution is -2.39. The lowest BCUT2D eigenvalue weighted by atomic mass is 9.87. The molecule has 1 aliphatic rings. The summed E-state index contributed by atoms with van der Waals surface area (Å²) in [6.07, 6.45) is 1.11. The van der Waals surface area contributed by atoms with Crippen LogP contribution in [0.2, 0.25) is 0 Å². The highest BCUT2D eigenvalue weighted by Gasteiger charge is 2.28. The Kier molecular flexibility index (Phi) is 5.21. The topological polar surface area (TPSA) is 79.5 Å². The maximum Gasteiger partial charge on any atom is 0.257 e. The molecule has 0 radical (unpaired) electrons. The van der Waals surface area contributed by atoms with Crippen LogP contribution in [0, 0.1) is 12.8 Å². The molecule has 1 N–H and O–H groups in total. The van der Waals surface area contributed by atoms with Crippen molar-refractivity contribution in [3.05, 3.63) is 71.5 Å². The average Bonchev–Trinajstić information content (AvgIpc) is 3.20. The van der Waals surface area contributed by atoms with Crippen LogP contribution in [0.3, 0.4) is 0 Å². The van der Waals surface area contributed by atoms with Crippen LogP contribution in [0.15, 0.2) is 59.1 Å². The fourth-order valence-electron chi connectivity index (χ4n) is 3.69. The van der Waals surface area contributed by atoms with E-state index in [2.05, 4.69) is 10.1 Å². The monoisotopic (exact) mass is 377 g/mol. The highest BCUT2D eigenvalue weighted by atomic mass is 16.5. The average molecular weight is 377 g/mol. The molecule has 1 amide bonds. The van der Waals surface area contributed by atoms with E-state index >= 15 is 0 Å². The molecule has 0 saturated carbocycles. The van der Waals surface area contributed by atoms with Crippen LogP contribution in [-0.2, 0) is 0 Å². The molecule has 1 fully saturated rings. The number of aliphatic hydroxyl groups is 1. The van der Waals surface area contributed by atoms with E-state index in [9.17, 15) is 9.90 Å². The van der Waals surface area contributed by atoms with Crippen molar-refractivity contribution in [1.29, 1.82) is 0 Å². The van der Waals surface area contributed by atoms with Crippen molar-refractivity contribution in [2.45, 2.75) is 25.9 Å². The molecule has 1 aromatic heterocycles. The van der Waals surface area contributed by atoms with Gasteiger partial charge in [0.2, 0.25) is 0 Å². The van der Waals surface area contributed by atoms with Crippen LogP contribution in [-0.4, -0.2) is 39.1 Å². The van der Waals surface area contributed by atoms with Gasteiger partial charge in [0.15, 0.2) is 5.82 Å². The second kappa shape index (κ2) is 7.94. The van der Waals surface area contributed by atoms with Crippen LogP contribution in [0.25, 0.3) is 11.5 Å². The zero-order chi connectivity index (χ0) is 19.5. The zero-order valence-corrected chi connectivity index (χ0v) is 15.8. The summed E-state index contributed by atoms with van der Waals surface area (Å²) in [5, 5.41) is 14.4. The Balaban J connectivity index is 1.37. The first kappa shape index (κ1) is 18.4. The van der Waals surface area contributed by atoms with Gasteiger partial charge in [0.05, 0.1) is 6.10 Å². The Morgan fingerprint density at radius 1 is 1.11 bits per heavy atom.